The molecular formula is C20H20N2OS2. The van der Waals surface area contributed by atoms with E-state index in [1.165, 1.54) is 20.9 Å². The van der Waals surface area contributed by atoms with Gasteiger partial charge in [-0.3, -0.25) is 9.78 Å². The van der Waals surface area contributed by atoms with Gasteiger partial charge in [-0.1, -0.05) is 13.0 Å². The van der Waals surface area contributed by atoms with E-state index in [9.17, 15) is 4.79 Å². The minimum atomic E-state index is -0.0384. The highest BCUT2D eigenvalue weighted by Gasteiger charge is 2.11. The van der Waals surface area contributed by atoms with Crippen molar-refractivity contribution in [3.63, 3.8) is 0 Å². The lowest BCUT2D eigenvalue weighted by Gasteiger charge is -2.06. The molecule has 0 atom stereocenters. The number of pyridine rings is 1. The molecule has 0 aliphatic heterocycles. The summed E-state index contributed by atoms with van der Waals surface area (Å²) in [6, 6.07) is 14.0. The number of hydrogen-bond acceptors (Lipinski definition) is 4. The number of nitrogens with one attached hydrogen (secondary N) is 1. The van der Waals surface area contributed by atoms with Crippen LogP contribution in [0.3, 0.4) is 0 Å². The summed E-state index contributed by atoms with van der Waals surface area (Å²) in [6.45, 7) is 4.17. The van der Waals surface area contributed by atoms with E-state index in [1.54, 1.807) is 29.3 Å². The number of aromatic nitrogens is 1. The van der Waals surface area contributed by atoms with Crippen LogP contribution in [0.5, 0.6) is 0 Å². The minimum Gasteiger partial charge on any atom is -0.321 e. The topological polar surface area (TPSA) is 42.0 Å². The largest absolute Gasteiger partial charge is 0.321 e. The Morgan fingerprint density at radius 3 is 2.68 bits per heavy atom. The normalized spacial score (nSPS) is 10.6. The highest BCUT2D eigenvalue weighted by molar-refractivity contribution is 7.98. The molecule has 1 aromatic carbocycles. The maximum Gasteiger partial charge on any atom is 0.265 e. The van der Waals surface area contributed by atoms with Gasteiger partial charge in [-0.05, 0) is 60.9 Å². The van der Waals surface area contributed by atoms with Gasteiger partial charge in [-0.15, -0.1) is 23.1 Å². The summed E-state index contributed by atoms with van der Waals surface area (Å²) < 4.78 is 0. The molecule has 0 spiro atoms. The first-order valence-electron chi connectivity index (χ1n) is 8.18. The van der Waals surface area contributed by atoms with Crippen LogP contribution in [0, 0.1) is 6.92 Å². The van der Waals surface area contributed by atoms with Crippen molar-refractivity contribution in [3.8, 4) is 0 Å². The Morgan fingerprint density at radius 1 is 1.24 bits per heavy atom. The van der Waals surface area contributed by atoms with Crippen LogP contribution in [-0.2, 0) is 12.2 Å². The number of thioether (sulfide) groups is 1. The second kappa shape index (κ2) is 8.32. The summed E-state index contributed by atoms with van der Waals surface area (Å²) >= 11 is 3.33. The summed E-state index contributed by atoms with van der Waals surface area (Å²) in [6.07, 6.45) is 4.63. The van der Waals surface area contributed by atoms with Gasteiger partial charge in [0.2, 0.25) is 0 Å². The van der Waals surface area contributed by atoms with E-state index in [0.717, 1.165) is 22.7 Å². The fourth-order valence-corrected chi connectivity index (χ4v) is 4.30. The molecule has 3 nitrogen and oxygen atoms in total. The Labute approximate surface area is 156 Å². The second-order valence-corrected chi connectivity index (χ2v) is 7.88. The van der Waals surface area contributed by atoms with E-state index in [4.69, 9.17) is 0 Å². The molecule has 0 saturated heterocycles. The smallest absolute Gasteiger partial charge is 0.265 e. The predicted molar refractivity (Wildman–Crippen MR) is 107 cm³/mol. The van der Waals surface area contributed by atoms with Gasteiger partial charge in [0.25, 0.3) is 5.91 Å². The van der Waals surface area contributed by atoms with Crippen molar-refractivity contribution in [2.45, 2.75) is 30.9 Å². The number of amides is 1. The zero-order valence-electron chi connectivity index (χ0n) is 14.3. The molecule has 2 heterocycles. The molecule has 0 radical (unpaired) electrons. The van der Waals surface area contributed by atoms with Crippen molar-refractivity contribution < 1.29 is 4.79 Å². The van der Waals surface area contributed by atoms with E-state index >= 15 is 0 Å². The molecule has 5 heteroatoms. The fraction of sp³-hybridized carbons (Fsp3) is 0.200. The fourth-order valence-electron chi connectivity index (χ4n) is 2.46. The van der Waals surface area contributed by atoms with Crippen LogP contribution in [0.25, 0.3) is 0 Å². The molecular weight excluding hydrogens is 348 g/mol. The molecule has 25 heavy (non-hydrogen) atoms. The van der Waals surface area contributed by atoms with E-state index in [2.05, 4.69) is 30.2 Å². The van der Waals surface area contributed by atoms with Gasteiger partial charge in [0.15, 0.2) is 0 Å². The first kappa shape index (κ1) is 17.7. The summed E-state index contributed by atoms with van der Waals surface area (Å²) in [4.78, 5) is 19.7. The monoisotopic (exact) mass is 368 g/mol. The molecule has 1 amide bonds. The Bertz CT molecular complexity index is 842. The van der Waals surface area contributed by atoms with Crippen LogP contribution in [0.2, 0.25) is 0 Å². The third-order valence-electron chi connectivity index (χ3n) is 3.81. The Balaban J connectivity index is 1.59. The summed E-state index contributed by atoms with van der Waals surface area (Å²) in [5, 5.41) is 2.98. The van der Waals surface area contributed by atoms with Gasteiger partial charge < -0.3 is 5.32 Å². The molecule has 2 aromatic heterocycles. The van der Waals surface area contributed by atoms with Crippen molar-refractivity contribution in [2.24, 2.45) is 0 Å². The maximum absolute atomic E-state index is 12.4. The standard InChI is InChI=1S/C20H20N2OS2/c1-3-18-14(2)11-19(25-18)20(23)22-16-6-8-17(9-7-16)24-13-15-5-4-10-21-12-15/h4-12H,3,13H2,1-2H3,(H,22,23). The van der Waals surface area contributed by atoms with Crippen molar-refractivity contribution in [1.82, 2.24) is 4.98 Å². The molecule has 0 aliphatic rings. The quantitative estimate of drug-likeness (QED) is 0.579. The lowest BCUT2D eigenvalue weighted by atomic mass is 10.2. The first-order chi connectivity index (χ1) is 12.2. The van der Waals surface area contributed by atoms with Gasteiger partial charge >= 0.3 is 0 Å². The number of hydrogen-bond donors (Lipinski definition) is 1. The molecule has 1 N–H and O–H groups in total. The van der Waals surface area contributed by atoms with Crippen molar-refractivity contribution in [3.05, 3.63) is 75.7 Å². The molecule has 3 rings (SSSR count). The number of benzene rings is 1. The van der Waals surface area contributed by atoms with E-state index in [-0.39, 0.29) is 5.91 Å². The number of aryl methyl sites for hydroxylation is 2. The highest BCUT2D eigenvalue weighted by Crippen LogP contribution is 2.26. The minimum absolute atomic E-state index is 0.0384. The van der Waals surface area contributed by atoms with E-state index in [0.29, 0.717) is 0 Å². The lowest BCUT2D eigenvalue weighted by Crippen LogP contribution is -2.09. The van der Waals surface area contributed by atoms with Gasteiger partial charge in [-0.2, -0.15) is 0 Å². The second-order valence-electron chi connectivity index (χ2n) is 5.70. The first-order valence-corrected chi connectivity index (χ1v) is 9.98. The summed E-state index contributed by atoms with van der Waals surface area (Å²) in [7, 11) is 0. The van der Waals surface area contributed by atoms with E-state index < -0.39 is 0 Å². The van der Waals surface area contributed by atoms with Crippen LogP contribution in [-0.4, -0.2) is 10.9 Å². The van der Waals surface area contributed by atoms with Crippen molar-refractivity contribution in [1.29, 1.82) is 0 Å². The SMILES string of the molecule is CCc1sc(C(=O)Nc2ccc(SCc3cccnc3)cc2)cc1C. The summed E-state index contributed by atoms with van der Waals surface area (Å²) in [5.41, 5.74) is 3.21. The Kier molecular flexibility index (Phi) is 5.89. The Hall–Kier alpha value is -2.11. The lowest BCUT2D eigenvalue weighted by molar-refractivity contribution is 0.103. The maximum atomic E-state index is 12.4. The number of anilines is 1. The number of carbonyl (C=O) groups excluding carboxylic acids is 1. The zero-order valence-corrected chi connectivity index (χ0v) is 15.9. The van der Waals surface area contributed by atoms with Crippen molar-refractivity contribution >= 4 is 34.7 Å². The molecule has 0 bridgehead atoms. The van der Waals surface area contributed by atoms with Crippen molar-refractivity contribution in [2.75, 3.05) is 5.32 Å². The number of carbonyl (C=O) groups is 1. The Morgan fingerprint density at radius 2 is 2.04 bits per heavy atom. The average Bonchev–Trinajstić information content (AvgIpc) is 3.03. The molecule has 0 fully saturated rings. The molecule has 3 aromatic rings. The van der Waals surface area contributed by atoms with Gasteiger partial charge in [0, 0.05) is 33.6 Å². The van der Waals surface area contributed by atoms with Crippen LogP contribution < -0.4 is 5.32 Å². The number of rotatable bonds is 6. The molecule has 0 saturated carbocycles. The molecule has 0 unspecified atom stereocenters. The third kappa shape index (κ3) is 4.71. The van der Waals surface area contributed by atoms with Crippen LogP contribution in [0.4, 0.5) is 5.69 Å². The highest BCUT2D eigenvalue weighted by atomic mass is 32.2. The average molecular weight is 369 g/mol. The van der Waals surface area contributed by atoms with Gasteiger partial charge in [0.05, 0.1) is 4.88 Å². The van der Waals surface area contributed by atoms with E-state index in [1.807, 2.05) is 42.6 Å². The molecule has 0 aliphatic carbocycles. The number of thiophene rings is 1. The third-order valence-corrected chi connectivity index (χ3v) is 6.27. The van der Waals surface area contributed by atoms with Crippen LogP contribution in [0.1, 0.15) is 32.6 Å². The van der Waals surface area contributed by atoms with Crippen LogP contribution in [0.15, 0.2) is 59.8 Å². The van der Waals surface area contributed by atoms with Gasteiger partial charge in [0.1, 0.15) is 0 Å². The predicted octanol–water partition coefficient (Wildman–Crippen LogP) is 5.56. The molecule has 128 valence electrons. The van der Waals surface area contributed by atoms with Gasteiger partial charge in [-0.25, -0.2) is 0 Å². The number of nitrogens with zero attached hydrogens (tertiary/aromatic N) is 1. The zero-order chi connectivity index (χ0) is 17.6. The summed E-state index contributed by atoms with van der Waals surface area (Å²) in [5.74, 6) is 0.844. The van der Waals surface area contributed by atoms with Crippen LogP contribution >= 0.6 is 23.1 Å².